The summed E-state index contributed by atoms with van der Waals surface area (Å²) in [6.07, 6.45) is -1.46. The van der Waals surface area contributed by atoms with Crippen LogP contribution in [0.15, 0.2) is 24.3 Å². The van der Waals surface area contributed by atoms with Crippen molar-refractivity contribution in [1.82, 2.24) is 5.32 Å². The second-order valence-corrected chi connectivity index (χ2v) is 4.62. The summed E-state index contributed by atoms with van der Waals surface area (Å²) in [4.78, 5) is 24.5. The lowest BCUT2D eigenvalue weighted by Crippen LogP contribution is -2.30. The Morgan fingerprint density at radius 2 is 1.76 bits per heavy atom. The van der Waals surface area contributed by atoms with E-state index in [-0.39, 0.29) is 18.9 Å². The van der Waals surface area contributed by atoms with Gasteiger partial charge in [-0.05, 0) is 38.1 Å². The number of carbonyl (C=O) groups is 2. The van der Waals surface area contributed by atoms with Crippen LogP contribution in [0.2, 0.25) is 0 Å². The molecule has 1 aromatic rings. The maximum atomic E-state index is 11.9. The first-order valence-corrected chi connectivity index (χ1v) is 7.03. The van der Waals surface area contributed by atoms with E-state index in [1.54, 1.807) is 12.1 Å². The largest absolute Gasteiger partial charge is 0.479 e. The van der Waals surface area contributed by atoms with Gasteiger partial charge in [0.25, 0.3) is 5.91 Å². The van der Waals surface area contributed by atoms with Gasteiger partial charge in [-0.2, -0.15) is 0 Å². The third-order valence-electron chi connectivity index (χ3n) is 3.25. The molecule has 0 bridgehead atoms. The Bertz CT molecular complexity index is 469. The minimum atomic E-state index is -1.45. The Morgan fingerprint density at radius 3 is 2.24 bits per heavy atom. The normalized spacial score (nSPS) is 11.8. The number of nitrogens with one attached hydrogen (secondary N) is 1. The van der Waals surface area contributed by atoms with Crippen molar-refractivity contribution in [3.8, 4) is 0 Å². The number of hydrogen-bond donors (Lipinski definition) is 3. The van der Waals surface area contributed by atoms with E-state index < -0.39 is 12.1 Å². The van der Waals surface area contributed by atoms with Crippen molar-refractivity contribution in [2.45, 2.75) is 26.4 Å². The van der Waals surface area contributed by atoms with Gasteiger partial charge in [0, 0.05) is 37.3 Å². The fourth-order valence-corrected chi connectivity index (χ4v) is 1.96. The highest BCUT2D eigenvalue weighted by atomic mass is 16.4. The zero-order chi connectivity index (χ0) is 15.8. The molecule has 21 heavy (non-hydrogen) atoms. The Balaban J connectivity index is 2.53. The van der Waals surface area contributed by atoms with Crippen LogP contribution in [0.4, 0.5) is 5.69 Å². The molecule has 1 aromatic carbocycles. The number of nitrogens with zero attached hydrogens (tertiary/aromatic N) is 1. The Kier molecular flexibility index (Phi) is 6.68. The van der Waals surface area contributed by atoms with Gasteiger partial charge in [-0.3, -0.25) is 4.79 Å². The number of hydrogen-bond acceptors (Lipinski definition) is 4. The van der Waals surface area contributed by atoms with Gasteiger partial charge in [0.1, 0.15) is 0 Å². The van der Waals surface area contributed by atoms with E-state index in [0.717, 1.165) is 18.8 Å². The number of anilines is 1. The molecule has 1 unspecified atom stereocenters. The third kappa shape index (κ3) is 5.07. The van der Waals surface area contributed by atoms with Crippen molar-refractivity contribution in [2.24, 2.45) is 0 Å². The van der Waals surface area contributed by atoms with Crippen LogP contribution in [0.5, 0.6) is 0 Å². The van der Waals surface area contributed by atoms with Gasteiger partial charge in [-0.1, -0.05) is 0 Å². The number of carbonyl (C=O) groups excluding carboxylic acids is 1. The lowest BCUT2D eigenvalue weighted by molar-refractivity contribution is -0.146. The van der Waals surface area contributed by atoms with Gasteiger partial charge in [0.2, 0.25) is 0 Å². The molecule has 3 N–H and O–H groups in total. The van der Waals surface area contributed by atoms with E-state index in [2.05, 4.69) is 24.1 Å². The van der Waals surface area contributed by atoms with Crippen LogP contribution in [0.25, 0.3) is 0 Å². The molecule has 0 saturated heterocycles. The summed E-state index contributed by atoms with van der Waals surface area (Å²) in [6, 6.07) is 7.23. The highest BCUT2D eigenvalue weighted by molar-refractivity contribution is 5.94. The SMILES string of the molecule is CCN(CC)c1ccc(C(=O)NCCC(O)C(=O)O)cc1. The van der Waals surface area contributed by atoms with Crippen LogP contribution < -0.4 is 10.2 Å². The second kappa shape index (κ2) is 8.26. The monoisotopic (exact) mass is 294 g/mol. The van der Waals surface area contributed by atoms with Crippen molar-refractivity contribution in [3.05, 3.63) is 29.8 Å². The maximum absolute atomic E-state index is 11.9. The molecule has 0 saturated carbocycles. The topological polar surface area (TPSA) is 89.9 Å². The molecule has 0 aromatic heterocycles. The number of aliphatic carboxylic acids is 1. The zero-order valence-electron chi connectivity index (χ0n) is 12.4. The van der Waals surface area contributed by atoms with Gasteiger partial charge < -0.3 is 20.4 Å². The van der Waals surface area contributed by atoms with Crippen molar-refractivity contribution >= 4 is 17.6 Å². The molecule has 0 heterocycles. The van der Waals surface area contributed by atoms with Crippen LogP contribution in [0, 0.1) is 0 Å². The Hall–Kier alpha value is -2.08. The van der Waals surface area contributed by atoms with E-state index in [9.17, 15) is 9.59 Å². The summed E-state index contributed by atoms with van der Waals surface area (Å²) in [6.45, 7) is 6.05. The highest BCUT2D eigenvalue weighted by Crippen LogP contribution is 2.14. The molecule has 6 heteroatoms. The molecule has 116 valence electrons. The quantitative estimate of drug-likeness (QED) is 0.668. The summed E-state index contributed by atoms with van der Waals surface area (Å²) >= 11 is 0. The third-order valence-corrected chi connectivity index (χ3v) is 3.25. The predicted octanol–water partition coefficient (Wildman–Crippen LogP) is 1.10. The molecular formula is C15H22N2O4. The van der Waals surface area contributed by atoms with Crippen LogP contribution in [-0.4, -0.2) is 47.8 Å². The fraction of sp³-hybridized carbons (Fsp3) is 0.467. The molecule has 0 aliphatic rings. The summed E-state index contributed by atoms with van der Waals surface area (Å²) in [5, 5.41) is 20.2. The fourth-order valence-electron chi connectivity index (χ4n) is 1.96. The van der Waals surface area contributed by atoms with E-state index in [0.29, 0.717) is 5.56 Å². The first-order valence-electron chi connectivity index (χ1n) is 7.03. The number of benzene rings is 1. The lowest BCUT2D eigenvalue weighted by atomic mass is 10.1. The zero-order valence-corrected chi connectivity index (χ0v) is 12.4. The van der Waals surface area contributed by atoms with Gasteiger partial charge in [0.15, 0.2) is 6.10 Å². The minimum absolute atomic E-state index is 0.0153. The molecule has 0 radical (unpaired) electrons. The first kappa shape index (κ1) is 17.0. The minimum Gasteiger partial charge on any atom is -0.479 e. The molecule has 1 atom stereocenters. The average molecular weight is 294 g/mol. The van der Waals surface area contributed by atoms with Gasteiger partial charge in [-0.15, -0.1) is 0 Å². The summed E-state index contributed by atoms with van der Waals surface area (Å²) in [5.74, 6) is -1.56. The smallest absolute Gasteiger partial charge is 0.332 e. The molecule has 0 fully saturated rings. The number of carboxylic acids is 1. The number of aliphatic hydroxyl groups excluding tert-OH is 1. The van der Waals surface area contributed by atoms with Gasteiger partial charge in [0.05, 0.1) is 0 Å². The van der Waals surface area contributed by atoms with Crippen LogP contribution in [-0.2, 0) is 4.79 Å². The van der Waals surface area contributed by atoms with E-state index in [4.69, 9.17) is 10.2 Å². The second-order valence-electron chi connectivity index (χ2n) is 4.62. The Morgan fingerprint density at radius 1 is 1.19 bits per heavy atom. The lowest BCUT2D eigenvalue weighted by Gasteiger charge is -2.21. The summed E-state index contributed by atoms with van der Waals surface area (Å²) in [7, 11) is 0. The van der Waals surface area contributed by atoms with Crippen LogP contribution >= 0.6 is 0 Å². The maximum Gasteiger partial charge on any atom is 0.332 e. The standard InChI is InChI=1S/C15H22N2O4/c1-3-17(4-2)12-7-5-11(6-8-12)14(19)16-10-9-13(18)15(20)21/h5-8,13,18H,3-4,9-10H2,1-2H3,(H,16,19)(H,20,21). The summed E-state index contributed by atoms with van der Waals surface area (Å²) in [5.41, 5.74) is 1.56. The summed E-state index contributed by atoms with van der Waals surface area (Å²) < 4.78 is 0. The molecule has 1 rings (SSSR count). The molecule has 0 aliphatic heterocycles. The van der Waals surface area contributed by atoms with Crippen molar-refractivity contribution in [3.63, 3.8) is 0 Å². The van der Waals surface area contributed by atoms with Gasteiger partial charge in [-0.25, -0.2) is 4.79 Å². The predicted molar refractivity (Wildman–Crippen MR) is 80.6 cm³/mol. The average Bonchev–Trinajstić information content (AvgIpc) is 2.48. The van der Waals surface area contributed by atoms with E-state index >= 15 is 0 Å². The molecule has 6 nitrogen and oxygen atoms in total. The van der Waals surface area contributed by atoms with Gasteiger partial charge >= 0.3 is 5.97 Å². The van der Waals surface area contributed by atoms with E-state index in [1.807, 2.05) is 12.1 Å². The molecule has 0 aliphatic carbocycles. The highest BCUT2D eigenvalue weighted by Gasteiger charge is 2.13. The van der Waals surface area contributed by atoms with Crippen molar-refractivity contribution in [2.75, 3.05) is 24.5 Å². The van der Waals surface area contributed by atoms with E-state index in [1.165, 1.54) is 0 Å². The number of carboxylic acid groups (broad SMARTS) is 1. The van der Waals surface area contributed by atoms with Crippen LogP contribution in [0.1, 0.15) is 30.6 Å². The van der Waals surface area contributed by atoms with Crippen molar-refractivity contribution < 1.29 is 19.8 Å². The number of amides is 1. The number of aliphatic hydroxyl groups is 1. The molecule has 1 amide bonds. The molecule has 0 spiro atoms. The van der Waals surface area contributed by atoms with Crippen molar-refractivity contribution in [1.29, 1.82) is 0 Å². The Labute approximate surface area is 124 Å². The number of rotatable bonds is 8. The first-order chi connectivity index (χ1) is 9.99. The van der Waals surface area contributed by atoms with Crippen LogP contribution in [0.3, 0.4) is 0 Å². The molecular weight excluding hydrogens is 272 g/mol.